The van der Waals surface area contributed by atoms with Gasteiger partial charge < -0.3 is 21.3 Å². The lowest BCUT2D eigenvalue weighted by Gasteiger charge is -2.30. The van der Waals surface area contributed by atoms with E-state index in [-0.39, 0.29) is 35.8 Å². The number of nitrogens with one attached hydrogen (secondary N) is 2. The molecule has 1 aromatic carbocycles. The van der Waals surface area contributed by atoms with Gasteiger partial charge in [-0.2, -0.15) is 0 Å². The molecule has 0 spiro atoms. The molecule has 1 saturated heterocycles. The number of thiazole rings is 1. The third-order valence-corrected chi connectivity index (χ3v) is 7.73. The van der Waals surface area contributed by atoms with Gasteiger partial charge in [0, 0.05) is 25.4 Å². The lowest BCUT2D eigenvalue weighted by molar-refractivity contribution is -0.146. The van der Waals surface area contributed by atoms with Crippen LogP contribution in [0.3, 0.4) is 0 Å². The summed E-state index contributed by atoms with van der Waals surface area (Å²) in [4.78, 5) is 58.9. The summed E-state index contributed by atoms with van der Waals surface area (Å²) in [6.45, 7) is 7.56. The molecule has 9 nitrogen and oxygen atoms in total. The zero-order chi connectivity index (χ0) is 28.0. The molecule has 1 aromatic heterocycles. The molecular formula is C28H37N5O4S. The second-order valence-electron chi connectivity index (χ2n) is 10.0. The Labute approximate surface area is 227 Å². The largest absolute Gasteiger partial charge is 0.402 e. The van der Waals surface area contributed by atoms with Crippen molar-refractivity contribution in [1.82, 2.24) is 20.5 Å². The van der Waals surface area contributed by atoms with Crippen molar-refractivity contribution >= 4 is 34.8 Å². The Bertz CT molecular complexity index is 1200. The molecule has 2 aromatic rings. The van der Waals surface area contributed by atoms with Crippen molar-refractivity contribution < 1.29 is 19.2 Å². The quantitative estimate of drug-likeness (QED) is 0.314. The highest BCUT2D eigenvalue weighted by atomic mass is 32.1. The first-order chi connectivity index (χ1) is 18.0. The number of amides is 3. The SMILES string of the molecule is CNC(=O)C[C@H](NC(=O)[C@@H]1CCCN1C(=O)[C@@H](C(=O)C=C(C)N)C(C)C)c1ccc(-c2scnc2C)cc1. The first kappa shape index (κ1) is 29.0. The Kier molecular flexibility index (Phi) is 9.79. The van der Waals surface area contributed by atoms with Gasteiger partial charge in [0.2, 0.25) is 17.7 Å². The van der Waals surface area contributed by atoms with Gasteiger partial charge in [0.1, 0.15) is 12.0 Å². The third-order valence-electron chi connectivity index (χ3n) is 6.75. The highest BCUT2D eigenvalue weighted by Gasteiger charge is 2.40. The van der Waals surface area contributed by atoms with Gasteiger partial charge in [0.05, 0.1) is 28.5 Å². The second kappa shape index (κ2) is 12.8. The normalized spacial score (nSPS) is 17.3. The van der Waals surface area contributed by atoms with Crippen molar-refractivity contribution in [2.75, 3.05) is 13.6 Å². The number of aryl methyl sites for hydroxylation is 1. The summed E-state index contributed by atoms with van der Waals surface area (Å²) in [5.41, 5.74) is 10.5. The maximum Gasteiger partial charge on any atom is 0.243 e. The number of likely N-dealkylation sites (tertiary alicyclic amines) is 1. The van der Waals surface area contributed by atoms with Crippen LogP contribution in [-0.2, 0) is 19.2 Å². The molecule has 4 N–H and O–H groups in total. The number of nitrogens with two attached hydrogens (primary N) is 1. The van der Waals surface area contributed by atoms with Gasteiger partial charge in [-0.1, -0.05) is 38.1 Å². The zero-order valence-corrected chi connectivity index (χ0v) is 23.4. The minimum atomic E-state index is -0.911. The molecule has 3 amide bonds. The van der Waals surface area contributed by atoms with Crippen molar-refractivity contribution in [1.29, 1.82) is 0 Å². The minimum absolute atomic E-state index is 0.0511. The average molecular weight is 540 g/mol. The number of rotatable bonds is 10. The van der Waals surface area contributed by atoms with Gasteiger partial charge in [-0.3, -0.25) is 19.2 Å². The molecule has 1 aliphatic rings. The number of ketones is 1. The van der Waals surface area contributed by atoms with Crippen LogP contribution in [0.2, 0.25) is 0 Å². The van der Waals surface area contributed by atoms with Crippen LogP contribution in [0.4, 0.5) is 0 Å². The van der Waals surface area contributed by atoms with E-state index < -0.39 is 18.0 Å². The van der Waals surface area contributed by atoms with E-state index in [9.17, 15) is 19.2 Å². The molecule has 0 unspecified atom stereocenters. The van der Waals surface area contributed by atoms with E-state index >= 15 is 0 Å². The smallest absolute Gasteiger partial charge is 0.243 e. The lowest BCUT2D eigenvalue weighted by Crippen LogP contribution is -2.50. The summed E-state index contributed by atoms with van der Waals surface area (Å²) in [5, 5.41) is 5.62. The Morgan fingerprint density at radius 3 is 2.45 bits per heavy atom. The first-order valence-corrected chi connectivity index (χ1v) is 13.7. The van der Waals surface area contributed by atoms with Gasteiger partial charge in [0.15, 0.2) is 5.78 Å². The summed E-state index contributed by atoms with van der Waals surface area (Å²) >= 11 is 1.55. The van der Waals surface area contributed by atoms with E-state index in [1.54, 1.807) is 30.8 Å². The number of nitrogens with zero attached hydrogens (tertiary/aromatic N) is 2. The molecule has 1 aliphatic heterocycles. The summed E-state index contributed by atoms with van der Waals surface area (Å²) < 4.78 is 0. The topological polar surface area (TPSA) is 134 Å². The highest BCUT2D eigenvalue weighted by Crippen LogP contribution is 2.30. The Balaban J connectivity index is 1.81. The van der Waals surface area contributed by atoms with E-state index in [2.05, 4.69) is 15.6 Å². The maximum atomic E-state index is 13.5. The van der Waals surface area contributed by atoms with E-state index in [4.69, 9.17) is 5.73 Å². The molecule has 38 heavy (non-hydrogen) atoms. The van der Waals surface area contributed by atoms with Crippen molar-refractivity contribution in [2.45, 2.75) is 59.0 Å². The highest BCUT2D eigenvalue weighted by molar-refractivity contribution is 7.13. The monoisotopic (exact) mass is 539 g/mol. The summed E-state index contributed by atoms with van der Waals surface area (Å²) in [7, 11) is 1.55. The van der Waals surface area contributed by atoms with Crippen molar-refractivity contribution in [3.63, 3.8) is 0 Å². The Morgan fingerprint density at radius 2 is 1.89 bits per heavy atom. The molecule has 0 radical (unpaired) electrons. The number of carbonyl (C=O) groups is 4. The Hall–Kier alpha value is -3.53. The van der Waals surface area contributed by atoms with Crippen LogP contribution >= 0.6 is 11.3 Å². The lowest BCUT2D eigenvalue weighted by atomic mass is 9.89. The average Bonchev–Trinajstić information content (AvgIpc) is 3.52. The maximum absolute atomic E-state index is 13.5. The standard InChI is InChI=1S/C28H37N5O4S/c1-16(2)25(23(34)13-17(3)29)28(37)33-12-6-7-22(33)27(36)32-21(14-24(35)30-5)19-8-10-20(11-9-19)26-18(4)31-15-38-26/h8-11,13,15-16,21-22,25H,6-7,12,14,29H2,1-5H3,(H,30,35)(H,32,36)/t21-,22-,25+/m0/s1. The molecule has 3 atom stereocenters. The summed E-state index contributed by atoms with van der Waals surface area (Å²) in [6.07, 6.45) is 2.47. The molecule has 10 heteroatoms. The van der Waals surface area contributed by atoms with Crippen molar-refractivity contribution in [3.05, 3.63) is 52.8 Å². The fraction of sp³-hybridized carbons (Fsp3) is 0.464. The van der Waals surface area contributed by atoms with Gasteiger partial charge in [0.25, 0.3) is 0 Å². The molecule has 0 bridgehead atoms. The number of aromatic nitrogens is 1. The molecule has 0 aliphatic carbocycles. The van der Waals surface area contributed by atoms with Crippen molar-refractivity contribution in [3.8, 4) is 10.4 Å². The van der Waals surface area contributed by atoms with Crippen molar-refractivity contribution in [2.24, 2.45) is 17.6 Å². The number of allylic oxidation sites excluding steroid dienone is 2. The van der Waals surface area contributed by atoms with E-state index in [1.165, 1.54) is 11.0 Å². The number of hydrogen-bond donors (Lipinski definition) is 3. The number of carbonyl (C=O) groups excluding carboxylic acids is 4. The van der Waals surface area contributed by atoms with Gasteiger partial charge >= 0.3 is 0 Å². The molecule has 3 rings (SSSR count). The van der Waals surface area contributed by atoms with Gasteiger partial charge in [-0.05, 0) is 43.7 Å². The third kappa shape index (κ3) is 6.86. The number of benzene rings is 1. The summed E-state index contributed by atoms with van der Waals surface area (Å²) in [6, 6.07) is 6.41. The molecule has 1 fully saturated rings. The Morgan fingerprint density at radius 1 is 1.21 bits per heavy atom. The van der Waals surface area contributed by atoms with E-state index in [1.807, 2.05) is 45.0 Å². The zero-order valence-electron chi connectivity index (χ0n) is 22.6. The predicted octanol–water partition coefficient (Wildman–Crippen LogP) is 3.11. The summed E-state index contributed by atoms with van der Waals surface area (Å²) in [5.74, 6) is -2.45. The first-order valence-electron chi connectivity index (χ1n) is 12.8. The molecule has 0 saturated carbocycles. The molecular weight excluding hydrogens is 502 g/mol. The molecule has 2 heterocycles. The molecule has 204 valence electrons. The van der Waals surface area contributed by atoms with Gasteiger partial charge in [-0.25, -0.2) is 4.98 Å². The fourth-order valence-corrected chi connectivity index (χ4v) is 5.60. The fourth-order valence-electron chi connectivity index (χ4n) is 4.78. The van der Waals surface area contributed by atoms with E-state index in [0.717, 1.165) is 21.7 Å². The van der Waals surface area contributed by atoms with Crippen LogP contribution in [0.5, 0.6) is 0 Å². The van der Waals surface area contributed by atoms with Gasteiger partial charge in [-0.15, -0.1) is 11.3 Å². The minimum Gasteiger partial charge on any atom is -0.402 e. The van der Waals surface area contributed by atoms with Crippen LogP contribution < -0.4 is 16.4 Å². The van der Waals surface area contributed by atoms with Crippen LogP contribution in [0, 0.1) is 18.8 Å². The van der Waals surface area contributed by atoms with Crippen LogP contribution in [-0.4, -0.2) is 53.0 Å². The van der Waals surface area contributed by atoms with E-state index in [0.29, 0.717) is 25.1 Å². The van der Waals surface area contributed by atoms with Crippen LogP contribution in [0.1, 0.15) is 57.3 Å². The predicted molar refractivity (Wildman–Crippen MR) is 148 cm³/mol. The van der Waals surface area contributed by atoms with Crippen LogP contribution in [0.15, 0.2) is 41.5 Å². The second-order valence-corrected chi connectivity index (χ2v) is 10.9. The van der Waals surface area contributed by atoms with Crippen LogP contribution in [0.25, 0.3) is 10.4 Å². The number of hydrogen-bond acceptors (Lipinski definition) is 7.